The molecule has 1 N–H and O–H groups in total. The second kappa shape index (κ2) is 5.32. The van der Waals surface area contributed by atoms with Gasteiger partial charge in [0.2, 0.25) is 0 Å². The van der Waals surface area contributed by atoms with Crippen molar-refractivity contribution < 1.29 is 0 Å². The van der Waals surface area contributed by atoms with Gasteiger partial charge in [0.1, 0.15) is 0 Å². The smallest absolute Gasteiger partial charge is 0.0724 e. The highest BCUT2D eigenvalue weighted by Crippen LogP contribution is 1.97. The number of rotatable bonds is 4. The Hall–Kier alpha value is -1.81. The van der Waals surface area contributed by atoms with Gasteiger partial charge in [0.25, 0.3) is 0 Å². The van der Waals surface area contributed by atoms with Crippen molar-refractivity contribution in [3.05, 3.63) is 53.9 Å². The minimum atomic E-state index is 0.724. The predicted molar refractivity (Wildman–Crippen MR) is 61.5 cm³/mol. The van der Waals surface area contributed by atoms with Crippen molar-refractivity contribution in [3.63, 3.8) is 0 Å². The van der Waals surface area contributed by atoms with Crippen molar-refractivity contribution in [1.82, 2.24) is 20.3 Å². The maximum Gasteiger partial charge on any atom is 0.0724 e. The van der Waals surface area contributed by atoms with Crippen LogP contribution in [0.2, 0.25) is 0 Å². The fourth-order valence-corrected chi connectivity index (χ4v) is 1.35. The highest BCUT2D eigenvalue weighted by Gasteiger charge is 1.95. The molecular weight excluding hydrogens is 200 g/mol. The van der Waals surface area contributed by atoms with Crippen molar-refractivity contribution >= 4 is 0 Å². The molecule has 0 spiro atoms. The van der Waals surface area contributed by atoms with E-state index in [4.69, 9.17) is 0 Å². The summed E-state index contributed by atoms with van der Waals surface area (Å²) >= 11 is 0. The first-order valence-corrected chi connectivity index (χ1v) is 5.22. The van der Waals surface area contributed by atoms with Crippen LogP contribution in [0.1, 0.15) is 17.0 Å². The molecule has 2 heterocycles. The molecule has 16 heavy (non-hydrogen) atoms. The Bertz CT molecular complexity index is 425. The molecule has 0 saturated heterocycles. The molecule has 0 bridgehead atoms. The van der Waals surface area contributed by atoms with Crippen LogP contribution in [0.4, 0.5) is 0 Å². The molecule has 0 aliphatic carbocycles. The summed E-state index contributed by atoms with van der Waals surface area (Å²) in [4.78, 5) is 12.5. The Labute approximate surface area is 94.8 Å². The lowest BCUT2D eigenvalue weighted by Crippen LogP contribution is -2.14. The van der Waals surface area contributed by atoms with Crippen LogP contribution >= 0.6 is 0 Å². The summed E-state index contributed by atoms with van der Waals surface area (Å²) in [5.41, 5.74) is 3.06. The van der Waals surface area contributed by atoms with E-state index < -0.39 is 0 Å². The van der Waals surface area contributed by atoms with Crippen molar-refractivity contribution in [1.29, 1.82) is 0 Å². The normalized spacial score (nSPS) is 10.3. The van der Waals surface area contributed by atoms with E-state index in [0.29, 0.717) is 0 Å². The van der Waals surface area contributed by atoms with E-state index in [0.717, 1.165) is 24.5 Å². The SMILES string of the molecule is Cc1cnc(CNCc2cccnc2)cn1. The van der Waals surface area contributed by atoms with Gasteiger partial charge in [-0.3, -0.25) is 15.0 Å². The molecule has 0 aliphatic heterocycles. The minimum Gasteiger partial charge on any atom is -0.307 e. The lowest BCUT2D eigenvalue weighted by atomic mass is 10.3. The quantitative estimate of drug-likeness (QED) is 0.837. The van der Waals surface area contributed by atoms with Crippen molar-refractivity contribution in [2.24, 2.45) is 0 Å². The third-order valence-electron chi connectivity index (χ3n) is 2.19. The molecule has 2 aromatic heterocycles. The molecule has 0 atom stereocenters. The van der Waals surface area contributed by atoms with Gasteiger partial charge in [-0.2, -0.15) is 0 Å². The summed E-state index contributed by atoms with van der Waals surface area (Å²) in [6.45, 7) is 3.45. The molecular formula is C12H14N4. The third kappa shape index (κ3) is 3.10. The van der Waals surface area contributed by atoms with Crippen LogP contribution in [-0.4, -0.2) is 15.0 Å². The Balaban J connectivity index is 1.82. The number of nitrogens with zero attached hydrogens (tertiary/aromatic N) is 3. The number of nitrogens with one attached hydrogen (secondary N) is 1. The van der Waals surface area contributed by atoms with Crippen molar-refractivity contribution in [2.45, 2.75) is 20.0 Å². The third-order valence-corrected chi connectivity index (χ3v) is 2.19. The predicted octanol–water partition coefficient (Wildman–Crippen LogP) is 1.47. The number of hydrogen-bond acceptors (Lipinski definition) is 4. The Morgan fingerprint density at radius 3 is 2.75 bits per heavy atom. The fourth-order valence-electron chi connectivity index (χ4n) is 1.35. The van der Waals surface area contributed by atoms with Crippen LogP contribution in [0.3, 0.4) is 0 Å². The molecule has 0 unspecified atom stereocenters. The van der Waals surface area contributed by atoms with Crippen LogP contribution in [0.15, 0.2) is 36.9 Å². The van der Waals surface area contributed by atoms with Crippen LogP contribution in [0, 0.1) is 6.92 Å². The van der Waals surface area contributed by atoms with Gasteiger partial charge in [-0.15, -0.1) is 0 Å². The lowest BCUT2D eigenvalue weighted by molar-refractivity contribution is 0.674. The number of hydrogen-bond donors (Lipinski definition) is 1. The van der Waals surface area contributed by atoms with E-state index in [9.17, 15) is 0 Å². The molecule has 82 valence electrons. The molecule has 0 saturated carbocycles. The molecule has 4 nitrogen and oxygen atoms in total. The summed E-state index contributed by atoms with van der Waals surface area (Å²) in [5, 5.41) is 3.29. The monoisotopic (exact) mass is 214 g/mol. The van der Waals surface area contributed by atoms with Gasteiger partial charge in [-0.25, -0.2) is 0 Å². The number of aryl methyl sites for hydroxylation is 1. The van der Waals surface area contributed by atoms with Crippen LogP contribution in [0.5, 0.6) is 0 Å². The Morgan fingerprint density at radius 2 is 2.06 bits per heavy atom. The van der Waals surface area contributed by atoms with E-state index >= 15 is 0 Å². The average Bonchev–Trinajstić information content (AvgIpc) is 2.33. The Morgan fingerprint density at radius 1 is 1.12 bits per heavy atom. The zero-order chi connectivity index (χ0) is 11.2. The van der Waals surface area contributed by atoms with E-state index in [2.05, 4.69) is 20.3 Å². The molecule has 0 aromatic carbocycles. The van der Waals surface area contributed by atoms with Gasteiger partial charge in [0, 0.05) is 37.9 Å². The highest BCUT2D eigenvalue weighted by atomic mass is 14.9. The van der Waals surface area contributed by atoms with Crippen LogP contribution in [0.25, 0.3) is 0 Å². The summed E-state index contributed by atoms with van der Waals surface area (Å²) in [6.07, 6.45) is 7.20. The van der Waals surface area contributed by atoms with Crippen molar-refractivity contribution in [3.8, 4) is 0 Å². The minimum absolute atomic E-state index is 0.724. The standard InChI is InChI=1S/C12H14N4/c1-10-5-16-12(9-15-10)8-14-7-11-3-2-4-13-6-11/h2-6,9,14H,7-8H2,1H3. The first-order chi connectivity index (χ1) is 7.84. The maximum absolute atomic E-state index is 4.27. The number of aromatic nitrogens is 3. The molecule has 0 fully saturated rings. The molecule has 2 rings (SSSR count). The summed E-state index contributed by atoms with van der Waals surface area (Å²) < 4.78 is 0. The van der Waals surface area contributed by atoms with Gasteiger partial charge < -0.3 is 5.32 Å². The summed E-state index contributed by atoms with van der Waals surface area (Å²) in [6, 6.07) is 3.98. The highest BCUT2D eigenvalue weighted by molar-refractivity contribution is 5.08. The van der Waals surface area contributed by atoms with Crippen molar-refractivity contribution in [2.75, 3.05) is 0 Å². The van der Waals surface area contributed by atoms with Gasteiger partial charge >= 0.3 is 0 Å². The zero-order valence-corrected chi connectivity index (χ0v) is 9.22. The van der Waals surface area contributed by atoms with E-state index in [1.165, 1.54) is 5.56 Å². The first kappa shape index (κ1) is 10.7. The topological polar surface area (TPSA) is 50.7 Å². The largest absolute Gasteiger partial charge is 0.307 e. The molecule has 0 radical (unpaired) electrons. The van der Waals surface area contributed by atoms with E-state index in [-0.39, 0.29) is 0 Å². The number of pyridine rings is 1. The lowest BCUT2D eigenvalue weighted by Gasteiger charge is -2.03. The summed E-state index contributed by atoms with van der Waals surface area (Å²) in [5.74, 6) is 0. The van der Waals surface area contributed by atoms with E-state index in [1.54, 1.807) is 18.6 Å². The molecule has 0 aliphatic rings. The summed E-state index contributed by atoms with van der Waals surface area (Å²) in [7, 11) is 0. The second-order valence-electron chi connectivity index (χ2n) is 3.61. The van der Waals surface area contributed by atoms with Crippen LogP contribution in [-0.2, 0) is 13.1 Å². The molecule has 4 heteroatoms. The fraction of sp³-hybridized carbons (Fsp3) is 0.250. The Kier molecular flexibility index (Phi) is 3.56. The van der Waals surface area contributed by atoms with Gasteiger partial charge in [-0.05, 0) is 18.6 Å². The molecule has 0 amide bonds. The first-order valence-electron chi connectivity index (χ1n) is 5.22. The van der Waals surface area contributed by atoms with E-state index in [1.807, 2.05) is 25.3 Å². The molecule has 2 aromatic rings. The van der Waals surface area contributed by atoms with Crippen LogP contribution < -0.4 is 5.32 Å². The maximum atomic E-state index is 4.27. The zero-order valence-electron chi connectivity index (χ0n) is 9.22. The van der Waals surface area contributed by atoms with Gasteiger partial charge in [0.15, 0.2) is 0 Å². The second-order valence-corrected chi connectivity index (χ2v) is 3.61. The average molecular weight is 214 g/mol. The van der Waals surface area contributed by atoms with Gasteiger partial charge in [0.05, 0.1) is 11.4 Å². The van der Waals surface area contributed by atoms with Gasteiger partial charge in [-0.1, -0.05) is 6.07 Å².